The van der Waals surface area contributed by atoms with E-state index in [1.807, 2.05) is 42.6 Å². The van der Waals surface area contributed by atoms with Crippen LogP contribution in [0.15, 0.2) is 41.8 Å². The predicted molar refractivity (Wildman–Crippen MR) is 101 cm³/mol. The number of thiophene rings is 1. The zero-order valence-electron chi connectivity index (χ0n) is 14.2. The van der Waals surface area contributed by atoms with Crippen molar-refractivity contribution in [1.82, 2.24) is 10.6 Å². The number of hydrogen-bond acceptors (Lipinski definition) is 3. The Balaban J connectivity index is 1.42. The van der Waals surface area contributed by atoms with Crippen molar-refractivity contribution in [1.29, 1.82) is 0 Å². The maximum atomic E-state index is 12.0. The summed E-state index contributed by atoms with van der Waals surface area (Å²) in [6, 6.07) is 11.4. The smallest absolute Gasteiger partial charge is 0.315 e. The number of nitrogens with one attached hydrogen (secondary N) is 3. The largest absolute Gasteiger partial charge is 0.338 e. The average molecular weight is 357 g/mol. The van der Waals surface area contributed by atoms with Crippen LogP contribution in [0.25, 0.3) is 0 Å². The summed E-state index contributed by atoms with van der Waals surface area (Å²) in [5.74, 6) is 0.294. The highest BCUT2D eigenvalue weighted by atomic mass is 32.1. The zero-order chi connectivity index (χ0) is 17.6. The first-order chi connectivity index (χ1) is 12.1. The van der Waals surface area contributed by atoms with Crippen LogP contribution < -0.4 is 16.0 Å². The number of urea groups is 1. The molecule has 5 nitrogen and oxygen atoms in total. The zero-order valence-corrected chi connectivity index (χ0v) is 15.1. The maximum Gasteiger partial charge on any atom is 0.315 e. The van der Waals surface area contributed by atoms with Gasteiger partial charge in [-0.3, -0.25) is 4.79 Å². The van der Waals surface area contributed by atoms with Gasteiger partial charge in [0.25, 0.3) is 0 Å². The van der Waals surface area contributed by atoms with Crippen molar-refractivity contribution in [3.05, 3.63) is 52.2 Å². The monoisotopic (exact) mass is 357 g/mol. The number of anilines is 1. The van der Waals surface area contributed by atoms with Crippen molar-refractivity contribution < 1.29 is 9.59 Å². The van der Waals surface area contributed by atoms with Crippen LogP contribution in [0.4, 0.5) is 10.5 Å². The molecule has 1 heterocycles. The van der Waals surface area contributed by atoms with Gasteiger partial charge in [-0.2, -0.15) is 0 Å². The van der Waals surface area contributed by atoms with Crippen LogP contribution in [0.2, 0.25) is 0 Å². The summed E-state index contributed by atoms with van der Waals surface area (Å²) in [6.07, 6.45) is 2.83. The highest BCUT2D eigenvalue weighted by molar-refractivity contribution is 7.09. The van der Waals surface area contributed by atoms with E-state index in [4.69, 9.17) is 0 Å². The Morgan fingerprint density at radius 2 is 1.96 bits per heavy atom. The standard InChI is InChI=1S/C19H23N3O2S/c1-13(21-19(24)20-11-10-17-3-2-12-25-17)14-6-8-16(9-7-14)22-18(23)15-4-5-15/h2-3,6-9,12-13,15H,4-5,10-11H2,1H3,(H,22,23)(H2,20,21,24)/t13-/m0/s1. The molecule has 25 heavy (non-hydrogen) atoms. The van der Waals surface area contributed by atoms with E-state index in [2.05, 4.69) is 22.0 Å². The summed E-state index contributed by atoms with van der Waals surface area (Å²) < 4.78 is 0. The second-order valence-electron chi connectivity index (χ2n) is 6.34. The lowest BCUT2D eigenvalue weighted by Gasteiger charge is -2.15. The molecule has 0 aliphatic heterocycles. The van der Waals surface area contributed by atoms with E-state index in [0.29, 0.717) is 6.54 Å². The van der Waals surface area contributed by atoms with Crippen molar-refractivity contribution in [3.63, 3.8) is 0 Å². The third kappa shape index (κ3) is 5.32. The number of benzene rings is 1. The van der Waals surface area contributed by atoms with Crippen molar-refractivity contribution in [2.45, 2.75) is 32.2 Å². The lowest BCUT2D eigenvalue weighted by atomic mass is 10.1. The van der Waals surface area contributed by atoms with Gasteiger partial charge in [-0.25, -0.2) is 4.79 Å². The third-order valence-corrected chi connectivity index (χ3v) is 5.15. The Labute approximate surface area is 151 Å². The molecule has 1 aliphatic carbocycles. The van der Waals surface area contributed by atoms with Gasteiger partial charge in [0.05, 0.1) is 6.04 Å². The second kappa shape index (κ2) is 8.16. The number of amides is 3. The average Bonchev–Trinajstić information content (AvgIpc) is 3.33. The Morgan fingerprint density at radius 1 is 1.20 bits per heavy atom. The first-order valence-electron chi connectivity index (χ1n) is 8.59. The van der Waals surface area contributed by atoms with Crippen LogP contribution in [0.1, 0.15) is 36.2 Å². The Morgan fingerprint density at radius 3 is 2.60 bits per heavy atom. The van der Waals surface area contributed by atoms with Gasteiger partial charge in [-0.05, 0) is 55.3 Å². The molecule has 1 saturated carbocycles. The molecular weight excluding hydrogens is 334 g/mol. The fourth-order valence-corrected chi connectivity index (χ4v) is 3.24. The SMILES string of the molecule is C[C@H](NC(=O)NCCc1cccs1)c1ccc(NC(=O)C2CC2)cc1. The van der Waals surface area contributed by atoms with Crippen LogP contribution in [0, 0.1) is 5.92 Å². The molecule has 1 aromatic carbocycles. The lowest BCUT2D eigenvalue weighted by molar-refractivity contribution is -0.117. The van der Waals surface area contributed by atoms with Crippen molar-refractivity contribution in [3.8, 4) is 0 Å². The van der Waals surface area contributed by atoms with Crippen LogP contribution in [-0.4, -0.2) is 18.5 Å². The summed E-state index contributed by atoms with van der Waals surface area (Å²) in [5.41, 5.74) is 1.80. The molecule has 0 bridgehead atoms. The number of rotatable bonds is 7. The Hall–Kier alpha value is -2.34. The van der Waals surface area contributed by atoms with Crippen molar-refractivity contribution >= 4 is 29.0 Å². The molecule has 3 amide bonds. The van der Waals surface area contributed by atoms with Gasteiger partial charge < -0.3 is 16.0 Å². The van der Waals surface area contributed by atoms with Gasteiger partial charge in [0, 0.05) is 23.0 Å². The molecule has 1 atom stereocenters. The molecule has 0 radical (unpaired) electrons. The van der Waals surface area contributed by atoms with Crippen LogP contribution in [-0.2, 0) is 11.2 Å². The van der Waals surface area contributed by atoms with Crippen LogP contribution in [0.3, 0.4) is 0 Å². The fourth-order valence-electron chi connectivity index (χ4n) is 2.53. The molecule has 1 aromatic heterocycles. The summed E-state index contributed by atoms with van der Waals surface area (Å²) in [6.45, 7) is 2.56. The minimum atomic E-state index is -0.171. The third-order valence-electron chi connectivity index (χ3n) is 4.21. The summed E-state index contributed by atoms with van der Waals surface area (Å²) in [5, 5.41) is 10.8. The summed E-state index contributed by atoms with van der Waals surface area (Å²) >= 11 is 1.69. The van der Waals surface area contributed by atoms with E-state index in [1.165, 1.54) is 4.88 Å². The molecule has 0 saturated heterocycles. The first-order valence-corrected chi connectivity index (χ1v) is 9.47. The van der Waals surface area contributed by atoms with E-state index in [1.54, 1.807) is 11.3 Å². The molecule has 132 valence electrons. The van der Waals surface area contributed by atoms with Gasteiger partial charge in [0.15, 0.2) is 0 Å². The molecule has 3 rings (SSSR count). The lowest BCUT2D eigenvalue weighted by Crippen LogP contribution is -2.37. The highest BCUT2D eigenvalue weighted by Crippen LogP contribution is 2.30. The predicted octanol–water partition coefficient (Wildman–Crippen LogP) is 3.70. The molecule has 0 unspecified atom stereocenters. The number of hydrogen-bond donors (Lipinski definition) is 3. The Kier molecular flexibility index (Phi) is 5.71. The van der Waals surface area contributed by atoms with E-state index in [0.717, 1.165) is 30.5 Å². The number of carbonyl (C=O) groups excluding carboxylic acids is 2. The second-order valence-corrected chi connectivity index (χ2v) is 7.37. The minimum Gasteiger partial charge on any atom is -0.338 e. The first kappa shape index (κ1) is 17.5. The quantitative estimate of drug-likeness (QED) is 0.707. The van der Waals surface area contributed by atoms with E-state index in [-0.39, 0.29) is 23.9 Å². The Bertz CT molecular complexity index is 709. The van der Waals surface area contributed by atoms with Crippen LogP contribution >= 0.6 is 11.3 Å². The summed E-state index contributed by atoms with van der Waals surface area (Å²) in [7, 11) is 0. The molecule has 2 aromatic rings. The molecule has 1 fully saturated rings. The molecule has 0 spiro atoms. The minimum absolute atomic E-state index is 0.101. The number of carbonyl (C=O) groups is 2. The fraction of sp³-hybridized carbons (Fsp3) is 0.368. The van der Waals surface area contributed by atoms with Gasteiger partial charge >= 0.3 is 6.03 Å². The van der Waals surface area contributed by atoms with Crippen LogP contribution in [0.5, 0.6) is 0 Å². The van der Waals surface area contributed by atoms with E-state index < -0.39 is 0 Å². The molecular formula is C19H23N3O2S. The highest BCUT2D eigenvalue weighted by Gasteiger charge is 2.29. The van der Waals surface area contributed by atoms with Gasteiger partial charge in [-0.1, -0.05) is 18.2 Å². The van der Waals surface area contributed by atoms with Gasteiger partial charge in [-0.15, -0.1) is 11.3 Å². The van der Waals surface area contributed by atoms with Gasteiger partial charge in [0.2, 0.25) is 5.91 Å². The topological polar surface area (TPSA) is 70.2 Å². The van der Waals surface area contributed by atoms with Gasteiger partial charge in [0.1, 0.15) is 0 Å². The molecule has 3 N–H and O–H groups in total. The van der Waals surface area contributed by atoms with Crippen molar-refractivity contribution in [2.75, 3.05) is 11.9 Å². The van der Waals surface area contributed by atoms with E-state index in [9.17, 15) is 9.59 Å². The van der Waals surface area contributed by atoms with E-state index >= 15 is 0 Å². The normalized spacial score (nSPS) is 14.6. The maximum absolute atomic E-state index is 12.0. The summed E-state index contributed by atoms with van der Waals surface area (Å²) in [4.78, 5) is 25.0. The molecule has 6 heteroatoms. The molecule has 1 aliphatic rings. The van der Waals surface area contributed by atoms with Crippen molar-refractivity contribution in [2.24, 2.45) is 5.92 Å².